The van der Waals surface area contributed by atoms with Gasteiger partial charge < -0.3 is 19.2 Å². The summed E-state index contributed by atoms with van der Waals surface area (Å²) in [5, 5.41) is 1.17. The molecule has 33 heavy (non-hydrogen) atoms. The number of hydrogen-bond donors (Lipinski definition) is 1. The van der Waals surface area contributed by atoms with Gasteiger partial charge in [0.1, 0.15) is 11.3 Å². The summed E-state index contributed by atoms with van der Waals surface area (Å²) in [7, 11) is 1.68. The number of aromatic nitrogens is 2. The van der Waals surface area contributed by atoms with E-state index in [1.54, 1.807) is 30.0 Å². The van der Waals surface area contributed by atoms with Crippen LogP contribution >= 0.6 is 0 Å². The Morgan fingerprint density at radius 3 is 2.61 bits per heavy atom. The summed E-state index contributed by atoms with van der Waals surface area (Å²) < 4.78 is 7.00. The first-order valence-electron chi connectivity index (χ1n) is 11.3. The van der Waals surface area contributed by atoms with E-state index in [0.717, 1.165) is 29.7 Å². The second-order valence-electron chi connectivity index (χ2n) is 8.56. The maximum absolute atomic E-state index is 13.2. The Morgan fingerprint density at radius 2 is 1.85 bits per heavy atom. The number of nitrogens with zero attached hydrogens (tertiary/aromatic N) is 2. The van der Waals surface area contributed by atoms with Crippen LogP contribution in [0.4, 0.5) is 0 Å². The van der Waals surface area contributed by atoms with Crippen LogP contribution in [0.5, 0.6) is 5.75 Å². The van der Waals surface area contributed by atoms with Gasteiger partial charge >= 0.3 is 0 Å². The lowest BCUT2D eigenvalue weighted by atomic mass is 9.89. The molecule has 1 saturated heterocycles. The largest absolute Gasteiger partial charge is 0.497 e. The van der Waals surface area contributed by atoms with Gasteiger partial charge in [0.05, 0.1) is 13.7 Å². The molecule has 1 fully saturated rings. The zero-order chi connectivity index (χ0) is 22.8. The highest BCUT2D eigenvalue weighted by Gasteiger charge is 2.27. The molecule has 2 aromatic carbocycles. The summed E-state index contributed by atoms with van der Waals surface area (Å²) >= 11 is 0. The van der Waals surface area contributed by atoms with Crippen molar-refractivity contribution in [3.8, 4) is 5.75 Å². The molecule has 0 spiro atoms. The van der Waals surface area contributed by atoms with Crippen molar-refractivity contribution >= 4 is 16.8 Å². The Hall–Kier alpha value is -3.80. The molecule has 0 atom stereocenters. The number of amides is 1. The van der Waals surface area contributed by atoms with E-state index in [1.165, 1.54) is 10.9 Å². The summed E-state index contributed by atoms with van der Waals surface area (Å²) in [6.07, 6.45) is 5.54. The molecule has 1 aliphatic heterocycles. The topological polar surface area (TPSA) is 67.3 Å². The van der Waals surface area contributed by atoms with Crippen LogP contribution in [0.2, 0.25) is 0 Å². The number of methoxy groups -OCH3 is 1. The normalized spacial score (nSPS) is 14.5. The lowest BCUT2D eigenvalue weighted by Crippen LogP contribution is -2.41. The number of fused-ring (bicyclic) bond motifs is 1. The van der Waals surface area contributed by atoms with E-state index in [-0.39, 0.29) is 17.0 Å². The third kappa shape index (κ3) is 4.16. The fourth-order valence-corrected chi connectivity index (χ4v) is 4.75. The van der Waals surface area contributed by atoms with Gasteiger partial charge in [-0.15, -0.1) is 0 Å². The minimum Gasteiger partial charge on any atom is -0.497 e. The van der Waals surface area contributed by atoms with Crippen LogP contribution in [0.1, 0.15) is 40.2 Å². The van der Waals surface area contributed by atoms with Gasteiger partial charge in [0.25, 0.3) is 11.5 Å². The van der Waals surface area contributed by atoms with Gasteiger partial charge in [-0.3, -0.25) is 9.59 Å². The Balaban J connectivity index is 1.30. The van der Waals surface area contributed by atoms with E-state index in [2.05, 4.69) is 17.2 Å². The van der Waals surface area contributed by atoms with Gasteiger partial charge in [-0.05, 0) is 60.2 Å². The number of aromatic amines is 1. The fraction of sp³-hybridized carbons (Fsp3) is 0.259. The Bertz CT molecular complexity index is 1330. The predicted molar refractivity (Wildman–Crippen MR) is 129 cm³/mol. The van der Waals surface area contributed by atoms with Crippen molar-refractivity contribution in [1.82, 2.24) is 14.5 Å². The first-order valence-corrected chi connectivity index (χ1v) is 11.3. The number of benzene rings is 2. The van der Waals surface area contributed by atoms with E-state index in [1.807, 2.05) is 47.4 Å². The van der Waals surface area contributed by atoms with Crippen molar-refractivity contribution in [2.75, 3.05) is 20.2 Å². The van der Waals surface area contributed by atoms with E-state index >= 15 is 0 Å². The highest BCUT2D eigenvalue weighted by Crippen LogP contribution is 2.34. The number of carbonyl (C=O) groups excluding carboxylic acids is 1. The fourth-order valence-electron chi connectivity index (χ4n) is 4.75. The minimum atomic E-state index is -0.239. The Morgan fingerprint density at radius 1 is 1.06 bits per heavy atom. The third-order valence-corrected chi connectivity index (χ3v) is 6.59. The van der Waals surface area contributed by atoms with Crippen LogP contribution < -0.4 is 10.3 Å². The van der Waals surface area contributed by atoms with Gasteiger partial charge in [-0.2, -0.15) is 0 Å². The summed E-state index contributed by atoms with van der Waals surface area (Å²) in [6.45, 7) is 1.72. The highest BCUT2D eigenvalue weighted by atomic mass is 16.5. The summed E-state index contributed by atoms with van der Waals surface area (Å²) in [5.41, 5.74) is 3.38. The van der Waals surface area contributed by atoms with Crippen molar-refractivity contribution in [1.29, 1.82) is 0 Å². The van der Waals surface area contributed by atoms with Crippen LogP contribution in [0, 0.1) is 0 Å². The number of likely N-dealkylation sites (tertiary alicyclic amines) is 1. The molecule has 0 radical (unpaired) electrons. The first kappa shape index (κ1) is 21.1. The Labute approximate surface area is 192 Å². The average Bonchev–Trinajstić information content (AvgIpc) is 3.29. The molecule has 6 heteroatoms. The van der Waals surface area contributed by atoms with Gasteiger partial charge in [0.2, 0.25) is 0 Å². The van der Waals surface area contributed by atoms with Crippen molar-refractivity contribution in [2.45, 2.75) is 25.3 Å². The van der Waals surface area contributed by atoms with Crippen molar-refractivity contribution in [3.05, 3.63) is 100 Å². The monoisotopic (exact) mass is 441 g/mol. The maximum atomic E-state index is 13.2. The summed E-state index contributed by atoms with van der Waals surface area (Å²) in [4.78, 5) is 31.4. The maximum Gasteiger partial charge on any atom is 0.263 e. The number of ether oxygens (including phenoxy) is 1. The van der Waals surface area contributed by atoms with Crippen LogP contribution in [0.25, 0.3) is 10.9 Å². The molecule has 0 saturated carbocycles. The molecular formula is C27H27N3O3. The zero-order valence-corrected chi connectivity index (χ0v) is 18.7. The smallest absolute Gasteiger partial charge is 0.263 e. The molecule has 168 valence electrons. The second-order valence-corrected chi connectivity index (χ2v) is 8.56. The van der Waals surface area contributed by atoms with E-state index in [9.17, 15) is 9.59 Å². The molecule has 1 N–H and O–H groups in total. The molecular weight excluding hydrogens is 414 g/mol. The number of piperidine rings is 1. The van der Waals surface area contributed by atoms with Crippen LogP contribution in [-0.4, -0.2) is 40.6 Å². The SMILES string of the molecule is COc1ccc2[nH]cc(C3CCN(C(=O)c4cccn(Cc5ccccc5)c4=O)CC3)c2c1. The van der Waals surface area contributed by atoms with E-state index in [4.69, 9.17) is 4.74 Å². The third-order valence-electron chi connectivity index (χ3n) is 6.59. The lowest BCUT2D eigenvalue weighted by Gasteiger charge is -2.32. The van der Waals surface area contributed by atoms with Gasteiger partial charge in [-0.1, -0.05) is 30.3 Å². The molecule has 4 aromatic rings. The molecule has 3 heterocycles. The Kier molecular flexibility index (Phi) is 5.73. The van der Waals surface area contributed by atoms with Gasteiger partial charge in [-0.25, -0.2) is 0 Å². The van der Waals surface area contributed by atoms with Crippen LogP contribution in [0.3, 0.4) is 0 Å². The second kappa shape index (κ2) is 8.98. The number of carbonyl (C=O) groups is 1. The number of hydrogen-bond acceptors (Lipinski definition) is 3. The number of nitrogens with one attached hydrogen (secondary N) is 1. The van der Waals surface area contributed by atoms with Crippen LogP contribution in [0.15, 0.2) is 77.9 Å². The molecule has 1 aliphatic rings. The molecule has 2 aromatic heterocycles. The standard InChI is InChI=1S/C27H27N3O3/c1-33-21-9-10-25-23(16-21)24(17-28-25)20-11-14-29(15-12-20)26(31)22-8-5-13-30(27(22)32)18-19-6-3-2-4-7-19/h2-10,13,16-17,20,28H,11-12,14-15,18H2,1H3. The van der Waals surface area contributed by atoms with Crippen LogP contribution in [-0.2, 0) is 6.54 Å². The van der Waals surface area contributed by atoms with Crippen molar-refractivity contribution < 1.29 is 9.53 Å². The minimum absolute atomic E-state index is 0.179. The molecule has 0 aliphatic carbocycles. The van der Waals surface area contributed by atoms with Gasteiger partial charge in [0.15, 0.2) is 0 Å². The number of H-pyrrole nitrogens is 1. The van der Waals surface area contributed by atoms with E-state index in [0.29, 0.717) is 25.6 Å². The van der Waals surface area contributed by atoms with Crippen molar-refractivity contribution in [2.24, 2.45) is 0 Å². The number of pyridine rings is 1. The molecule has 1 amide bonds. The molecule has 5 rings (SSSR count). The van der Waals surface area contributed by atoms with Crippen molar-refractivity contribution in [3.63, 3.8) is 0 Å². The summed E-state index contributed by atoms with van der Waals surface area (Å²) in [6, 6.07) is 19.3. The molecule has 6 nitrogen and oxygen atoms in total. The zero-order valence-electron chi connectivity index (χ0n) is 18.7. The molecule has 0 bridgehead atoms. The lowest BCUT2D eigenvalue weighted by molar-refractivity contribution is 0.0711. The molecule has 0 unspecified atom stereocenters. The summed E-state index contributed by atoms with van der Waals surface area (Å²) in [5.74, 6) is 1.02. The highest BCUT2D eigenvalue weighted by molar-refractivity contribution is 5.94. The quantitative estimate of drug-likeness (QED) is 0.499. The number of rotatable bonds is 5. The van der Waals surface area contributed by atoms with E-state index < -0.39 is 0 Å². The predicted octanol–water partition coefficient (Wildman–Crippen LogP) is 4.41. The first-order chi connectivity index (χ1) is 16.1. The average molecular weight is 442 g/mol. The van der Waals surface area contributed by atoms with Gasteiger partial charge in [0, 0.05) is 36.4 Å².